The second-order valence-electron chi connectivity index (χ2n) is 10.6. The highest BCUT2D eigenvalue weighted by Crippen LogP contribution is 2.34. The molecule has 36 heavy (non-hydrogen) atoms. The number of piperidine rings is 1. The number of amides is 2. The minimum Gasteiger partial charge on any atom is -0.390 e. The van der Waals surface area contributed by atoms with E-state index in [1.54, 1.807) is 4.90 Å². The maximum Gasteiger partial charge on any atom is 0.246 e. The first kappa shape index (κ1) is 24.8. The first-order valence-electron chi connectivity index (χ1n) is 13.2. The van der Waals surface area contributed by atoms with Crippen LogP contribution in [0.3, 0.4) is 0 Å². The van der Waals surface area contributed by atoms with Crippen molar-refractivity contribution in [3.05, 3.63) is 36.9 Å². The monoisotopic (exact) mass is 494 g/mol. The summed E-state index contributed by atoms with van der Waals surface area (Å²) < 4.78 is 0. The molecule has 2 unspecified atom stereocenters. The molecule has 4 aliphatic heterocycles. The van der Waals surface area contributed by atoms with Gasteiger partial charge in [-0.15, -0.1) is 0 Å². The van der Waals surface area contributed by atoms with Crippen molar-refractivity contribution >= 4 is 29.4 Å². The molecule has 0 radical (unpaired) electrons. The van der Waals surface area contributed by atoms with Crippen molar-refractivity contribution in [1.29, 1.82) is 0 Å². The Morgan fingerprint density at radius 3 is 2.33 bits per heavy atom. The summed E-state index contributed by atoms with van der Waals surface area (Å²) in [6, 6.07) is 8.32. The summed E-state index contributed by atoms with van der Waals surface area (Å²) in [6.45, 7) is 9.38. The number of anilines is 2. The van der Waals surface area contributed by atoms with Crippen molar-refractivity contribution in [3.8, 4) is 0 Å². The van der Waals surface area contributed by atoms with Gasteiger partial charge in [0.05, 0.1) is 17.3 Å². The van der Waals surface area contributed by atoms with Crippen molar-refractivity contribution in [1.82, 2.24) is 14.7 Å². The molecule has 4 heterocycles. The normalized spacial score (nSPS) is 26.2. The summed E-state index contributed by atoms with van der Waals surface area (Å²) in [5.74, 6) is -0.198. The van der Waals surface area contributed by atoms with Gasteiger partial charge in [-0.25, -0.2) is 0 Å². The Hall–Kier alpha value is -2.91. The number of hydrogen-bond acceptors (Lipinski definition) is 7. The Balaban J connectivity index is 1.15. The summed E-state index contributed by atoms with van der Waals surface area (Å²) in [7, 11) is 2.16. The Morgan fingerprint density at radius 2 is 1.72 bits per heavy atom. The quantitative estimate of drug-likeness (QED) is 0.604. The highest BCUT2D eigenvalue weighted by Gasteiger charge is 2.43. The number of likely N-dealkylation sites (N-methyl/N-ethyl adjacent to an activating group) is 1. The van der Waals surface area contributed by atoms with E-state index >= 15 is 0 Å². The van der Waals surface area contributed by atoms with Crippen molar-refractivity contribution in [2.75, 3.05) is 62.8 Å². The third-order valence-electron chi connectivity index (χ3n) is 8.30. The van der Waals surface area contributed by atoms with Crippen LogP contribution in [0.5, 0.6) is 0 Å². The number of hydrogen-bond donors (Lipinski definition) is 1. The lowest BCUT2D eigenvalue weighted by molar-refractivity contribution is -0.153. The van der Waals surface area contributed by atoms with Crippen molar-refractivity contribution in [2.45, 2.75) is 49.8 Å². The van der Waals surface area contributed by atoms with Gasteiger partial charge in [0.25, 0.3) is 0 Å². The number of carbonyl (C=O) groups is 2. The number of nitrogens with zero attached hydrogens (tertiary/aromatic N) is 6. The zero-order chi connectivity index (χ0) is 25.3. The smallest absolute Gasteiger partial charge is 0.246 e. The summed E-state index contributed by atoms with van der Waals surface area (Å²) in [4.78, 5) is 33.0. The average Bonchev–Trinajstić information content (AvgIpc) is 3.31. The van der Waals surface area contributed by atoms with E-state index < -0.39 is 5.60 Å². The van der Waals surface area contributed by atoms with Crippen LogP contribution in [0.15, 0.2) is 42.0 Å². The zero-order valence-corrected chi connectivity index (χ0v) is 21.3. The van der Waals surface area contributed by atoms with Crippen LogP contribution in [0.25, 0.3) is 0 Å². The SMILES string of the molecule is C=CC(=O)N1CCC1C(=O)N1CCC(O)(CC2CC=NN2c2ccc(N3CCN(C)CC3)cc2)CC1. The number of carbonyl (C=O) groups excluding carboxylic acids is 2. The average molecular weight is 495 g/mol. The number of hydrazone groups is 1. The summed E-state index contributed by atoms with van der Waals surface area (Å²) in [6.07, 6.45) is 6.38. The summed E-state index contributed by atoms with van der Waals surface area (Å²) >= 11 is 0. The molecule has 2 amide bonds. The fourth-order valence-corrected chi connectivity index (χ4v) is 5.80. The fraction of sp³-hybridized carbons (Fsp3) is 0.593. The topological polar surface area (TPSA) is 82.9 Å². The fourth-order valence-electron chi connectivity index (χ4n) is 5.80. The molecule has 1 N–H and O–H groups in total. The van der Waals surface area contributed by atoms with Crippen molar-refractivity contribution in [3.63, 3.8) is 0 Å². The van der Waals surface area contributed by atoms with Crippen LogP contribution in [-0.2, 0) is 9.59 Å². The number of likely N-dealkylation sites (tertiary alicyclic amines) is 2. The van der Waals surface area contributed by atoms with E-state index in [1.807, 2.05) is 16.1 Å². The Morgan fingerprint density at radius 1 is 1.06 bits per heavy atom. The van der Waals surface area contributed by atoms with Gasteiger partial charge in [0, 0.05) is 64.1 Å². The van der Waals surface area contributed by atoms with E-state index in [1.165, 1.54) is 11.8 Å². The van der Waals surface area contributed by atoms with Crippen molar-refractivity contribution in [2.24, 2.45) is 5.10 Å². The molecule has 5 rings (SSSR count). The molecule has 4 aliphatic rings. The first-order valence-corrected chi connectivity index (χ1v) is 13.2. The number of aliphatic hydroxyl groups is 1. The van der Waals surface area contributed by atoms with E-state index in [2.05, 4.69) is 52.8 Å². The third-order valence-corrected chi connectivity index (χ3v) is 8.30. The van der Waals surface area contributed by atoms with E-state index in [4.69, 9.17) is 0 Å². The maximum atomic E-state index is 12.9. The minimum atomic E-state index is -0.830. The van der Waals surface area contributed by atoms with Crippen LogP contribution >= 0.6 is 0 Å². The largest absolute Gasteiger partial charge is 0.390 e. The molecular formula is C27H38N6O3. The molecule has 0 saturated carbocycles. The third kappa shape index (κ3) is 4.99. The van der Waals surface area contributed by atoms with Gasteiger partial charge in [-0.3, -0.25) is 14.6 Å². The van der Waals surface area contributed by atoms with Gasteiger partial charge in [-0.05, 0) is 63.1 Å². The first-order chi connectivity index (χ1) is 17.4. The van der Waals surface area contributed by atoms with Crippen LogP contribution in [0.4, 0.5) is 11.4 Å². The minimum absolute atomic E-state index is 0.00948. The van der Waals surface area contributed by atoms with Gasteiger partial charge in [-0.1, -0.05) is 6.58 Å². The van der Waals surface area contributed by atoms with Gasteiger partial charge in [-0.2, -0.15) is 5.10 Å². The number of rotatable bonds is 6. The molecule has 1 aromatic rings. The van der Waals surface area contributed by atoms with Crippen LogP contribution < -0.4 is 9.91 Å². The molecular weight excluding hydrogens is 456 g/mol. The van der Waals surface area contributed by atoms with Gasteiger partial charge >= 0.3 is 0 Å². The second-order valence-corrected chi connectivity index (χ2v) is 10.6. The second kappa shape index (κ2) is 10.2. The van der Waals surface area contributed by atoms with Crippen LogP contribution in [0.1, 0.15) is 32.1 Å². The lowest BCUT2D eigenvalue weighted by atomic mass is 9.84. The van der Waals surface area contributed by atoms with E-state index in [0.717, 1.165) is 38.3 Å². The maximum absolute atomic E-state index is 12.9. The molecule has 1 aromatic carbocycles. The Labute approximate surface area is 213 Å². The molecule has 3 saturated heterocycles. The standard InChI is InChI=1S/C27H38N6O3/c1-3-25(34)32-13-9-24(32)26(35)31-14-10-27(36,11-15-31)20-23-8-12-28-33(23)22-6-4-21(5-7-22)30-18-16-29(2)17-19-30/h3-7,12,23-24,36H,1,8-11,13-20H2,2H3. The molecule has 9 nitrogen and oxygen atoms in total. The van der Waals surface area contributed by atoms with Crippen LogP contribution in [0.2, 0.25) is 0 Å². The molecule has 3 fully saturated rings. The predicted octanol–water partition coefficient (Wildman–Crippen LogP) is 1.53. The van der Waals surface area contributed by atoms with Gasteiger partial charge in [0.15, 0.2) is 0 Å². The van der Waals surface area contributed by atoms with Gasteiger partial charge in [0.2, 0.25) is 11.8 Å². The number of piperazine rings is 1. The highest BCUT2D eigenvalue weighted by molar-refractivity contribution is 5.94. The summed E-state index contributed by atoms with van der Waals surface area (Å²) in [5.41, 5.74) is 1.45. The van der Waals surface area contributed by atoms with Gasteiger partial charge < -0.3 is 24.7 Å². The van der Waals surface area contributed by atoms with Crippen LogP contribution in [-0.4, -0.2) is 108 Å². The van der Waals surface area contributed by atoms with Crippen molar-refractivity contribution < 1.29 is 14.7 Å². The van der Waals surface area contributed by atoms with Crippen LogP contribution in [0, 0.1) is 0 Å². The molecule has 194 valence electrons. The summed E-state index contributed by atoms with van der Waals surface area (Å²) in [5, 5.41) is 18.1. The lowest BCUT2D eigenvalue weighted by Crippen LogP contribution is -2.60. The van der Waals surface area contributed by atoms with E-state index in [9.17, 15) is 14.7 Å². The Kier molecular flexibility index (Phi) is 7.03. The molecule has 0 aliphatic carbocycles. The molecule has 2 atom stereocenters. The molecule has 0 spiro atoms. The molecule has 9 heteroatoms. The van der Waals surface area contributed by atoms with E-state index in [-0.39, 0.29) is 23.9 Å². The molecule has 0 aromatic heterocycles. The highest BCUT2D eigenvalue weighted by atomic mass is 16.3. The van der Waals surface area contributed by atoms with E-state index in [0.29, 0.717) is 45.3 Å². The zero-order valence-electron chi connectivity index (χ0n) is 21.3. The lowest BCUT2D eigenvalue weighted by Gasteiger charge is -2.45. The Bertz CT molecular complexity index is 995. The predicted molar refractivity (Wildman–Crippen MR) is 141 cm³/mol. The van der Waals surface area contributed by atoms with Gasteiger partial charge in [0.1, 0.15) is 6.04 Å². The molecule has 0 bridgehead atoms. The number of benzene rings is 1.